The van der Waals surface area contributed by atoms with E-state index in [1.165, 1.54) is 24.4 Å². The zero-order chi connectivity index (χ0) is 21.8. The minimum absolute atomic E-state index is 0.144. The zero-order valence-corrected chi connectivity index (χ0v) is 17.5. The smallest absolute Gasteiger partial charge is 0.186 e. The number of hydrogen-bond acceptors (Lipinski definition) is 6. The number of benzene rings is 1. The van der Waals surface area contributed by atoms with Gasteiger partial charge in [0.25, 0.3) is 0 Å². The summed E-state index contributed by atoms with van der Waals surface area (Å²) in [6.45, 7) is 0. The molecule has 156 valence electrons. The number of thiazole rings is 1. The lowest BCUT2D eigenvalue weighted by molar-refractivity contribution is 0.588. The van der Waals surface area contributed by atoms with Crippen molar-refractivity contribution >= 4 is 26.8 Å². The number of rotatable bonds is 4. The summed E-state index contributed by atoms with van der Waals surface area (Å²) < 4.78 is 54.1. The first kappa shape index (κ1) is 19.5. The highest BCUT2D eigenvalue weighted by atomic mass is 32.2. The van der Waals surface area contributed by atoms with Gasteiger partial charge in [-0.25, -0.2) is 27.2 Å². The maximum Gasteiger partial charge on any atom is 0.186 e. The molecule has 0 bridgehead atoms. The highest BCUT2D eigenvalue weighted by Gasteiger charge is 2.20. The summed E-state index contributed by atoms with van der Waals surface area (Å²) in [4.78, 5) is 8.55. The highest BCUT2D eigenvalue weighted by Crippen LogP contribution is 2.35. The Morgan fingerprint density at radius 1 is 1.06 bits per heavy atom. The molecule has 0 spiro atoms. The third-order valence-corrected chi connectivity index (χ3v) is 7.53. The average Bonchev–Trinajstić information content (AvgIpc) is 3.45. The van der Waals surface area contributed by atoms with E-state index in [-0.39, 0.29) is 15.5 Å². The summed E-state index contributed by atoms with van der Waals surface area (Å²) in [6.07, 6.45) is 7.33. The normalized spacial score (nSPS) is 12.0. The number of sulfone groups is 1. The number of hydrogen-bond donors (Lipinski definition) is 1. The molecule has 31 heavy (non-hydrogen) atoms. The Balaban J connectivity index is 1.65. The van der Waals surface area contributed by atoms with Crippen LogP contribution in [0.1, 0.15) is 0 Å². The molecule has 4 heterocycles. The van der Waals surface area contributed by atoms with E-state index in [1.807, 2.05) is 0 Å². The topological polar surface area (TPSA) is 93.0 Å². The van der Waals surface area contributed by atoms with Crippen LogP contribution in [0.5, 0.6) is 0 Å². The molecular weight excluding hydrogens is 444 g/mol. The van der Waals surface area contributed by atoms with E-state index in [2.05, 4.69) is 20.2 Å². The predicted molar refractivity (Wildman–Crippen MR) is 112 cm³/mol. The first-order valence-electron chi connectivity index (χ1n) is 8.95. The fourth-order valence-electron chi connectivity index (χ4n) is 3.27. The predicted octanol–water partition coefficient (Wildman–Crippen LogP) is 4.20. The van der Waals surface area contributed by atoms with E-state index >= 15 is 0 Å². The highest BCUT2D eigenvalue weighted by molar-refractivity contribution is 7.92. The number of H-pyrrole nitrogens is 1. The van der Waals surface area contributed by atoms with E-state index in [9.17, 15) is 17.2 Å². The van der Waals surface area contributed by atoms with Crippen LogP contribution in [0.4, 0.5) is 8.78 Å². The number of nitrogens with zero attached hydrogens (tertiary/aromatic N) is 4. The van der Waals surface area contributed by atoms with Gasteiger partial charge >= 0.3 is 0 Å². The van der Waals surface area contributed by atoms with E-state index in [0.717, 1.165) is 17.6 Å². The van der Waals surface area contributed by atoms with Crippen molar-refractivity contribution in [3.63, 3.8) is 0 Å². The van der Waals surface area contributed by atoms with Crippen LogP contribution in [-0.2, 0) is 9.84 Å². The van der Waals surface area contributed by atoms with Gasteiger partial charge in [0.15, 0.2) is 9.84 Å². The van der Waals surface area contributed by atoms with Crippen LogP contribution in [0.3, 0.4) is 0 Å². The first-order valence-corrected chi connectivity index (χ1v) is 11.7. The molecule has 0 unspecified atom stereocenters. The van der Waals surface area contributed by atoms with Crippen molar-refractivity contribution < 1.29 is 17.2 Å². The summed E-state index contributed by atoms with van der Waals surface area (Å²) in [6, 6.07) is 7.16. The number of fused-ring (bicyclic) bond motifs is 1. The van der Waals surface area contributed by atoms with Gasteiger partial charge in [0.1, 0.15) is 37.9 Å². The van der Waals surface area contributed by atoms with Gasteiger partial charge in [-0.05, 0) is 24.3 Å². The van der Waals surface area contributed by atoms with Crippen molar-refractivity contribution in [2.45, 2.75) is 4.21 Å². The molecule has 0 aliphatic carbocycles. The monoisotopic (exact) mass is 457 g/mol. The molecule has 5 aromatic rings. The van der Waals surface area contributed by atoms with Gasteiger partial charge in [-0.15, -0.1) is 11.3 Å². The minimum Gasteiger partial charge on any atom is -0.297 e. The fraction of sp³-hybridized carbons (Fsp3) is 0.0500. The van der Waals surface area contributed by atoms with Gasteiger partial charge < -0.3 is 0 Å². The van der Waals surface area contributed by atoms with Crippen LogP contribution in [0.2, 0.25) is 0 Å². The zero-order valence-electron chi connectivity index (χ0n) is 15.9. The Morgan fingerprint density at radius 3 is 2.55 bits per heavy atom. The molecule has 4 aromatic heterocycles. The Morgan fingerprint density at radius 2 is 1.84 bits per heavy atom. The molecule has 0 fully saturated rings. The third-order valence-electron chi connectivity index (χ3n) is 4.73. The van der Waals surface area contributed by atoms with Crippen molar-refractivity contribution in [2.24, 2.45) is 0 Å². The molecule has 5 rings (SSSR count). The van der Waals surface area contributed by atoms with Crippen LogP contribution < -0.4 is 0 Å². The number of aromatic nitrogens is 5. The summed E-state index contributed by atoms with van der Waals surface area (Å²) >= 11 is 1.04. The summed E-state index contributed by atoms with van der Waals surface area (Å²) in [5, 5.41) is 7.21. The van der Waals surface area contributed by atoms with Crippen molar-refractivity contribution in [3.05, 3.63) is 66.8 Å². The lowest BCUT2D eigenvalue weighted by atomic mass is 10.0. The molecule has 0 aliphatic rings. The maximum absolute atomic E-state index is 14.3. The van der Waals surface area contributed by atoms with Crippen LogP contribution in [0.25, 0.3) is 38.7 Å². The quantitative estimate of drug-likeness (QED) is 0.437. The molecular formula is C20H13F2N5O2S2. The fourth-order valence-corrected chi connectivity index (χ4v) is 5.02. The third kappa shape index (κ3) is 3.31. The van der Waals surface area contributed by atoms with E-state index in [4.69, 9.17) is 0 Å². The number of aromatic amines is 1. The SMILES string of the molecule is CS(=O)(=O)c1cnc(-c2cnc3ccc(-c4c[nH]nc4-c4c(F)cccc4F)cn23)s1. The lowest BCUT2D eigenvalue weighted by Gasteiger charge is -2.07. The number of pyridine rings is 1. The van der Waals surface area contributed by atoms with E-state index in [0.29, 0.717) is 27.5 Å². The molecule has 0 amide bonds. The second-order valence-corrected chi connectivity index (χ2v) is 10.1. The van der Waals surface area contributed by atoms with E-state index < -0.39 is 21.5 Å². The number of imidazole rings is 1. The molecule has 11 heteroatoms. The number of halogens is 2. The van der Waals surface area contributed by atoms with Crippen molar-refractivity contribution in [2.75, 3.05) is 6.26 Å². The second-order valence-electron chi connectivity index (χ2n) is 6.79. The Kier molecular flexibility index (Phi) is 4.45. The number of nitrogens with one attached hydrogen (secondary N) is 1. The van der Waals surface area contributed by atoms with Gasteiger partial charge in [-0.2, -0.15) is 5.10 Å². The van der Waals surface area contributed by atoms with Crippen molar-refractivity contribution in [3.8, 4) is 33.1 Å². The van der Waals surface area contributed by atoms with Gasteiger partial charge in [-0.3, -0.25) is 9.50 Å². The molecule has 1 aromatic carbocycles. The van der Waals surface area contributed by atoms with Crippen LogP contribution in [0.15, 0.2) is 59.3 Å². The van der Waals surface area contributed by atoms with Crippen LogP contribution in [-0.4, -0.2) is 39.2 Å². The standard InChI is InChI=1S/C20H13F2N5O2S2/c1-31(28,29)17-9-24-20(30-17)15-8-23-16-6-5-11(10-27(15)16)12-7-25-26-19(12)18-13(21)3-2-4-14(18)22/h2-10H,1H3,(H,25,26). The first-order chi connectivity index (χ1) is 14.8. The van der Waals surface area contributed by atoms with Gasteiger partial charge in [0.05, 0.1) is 18.0 Å². The summed E-state index contributed by atoms with van der Waals surface area (Å²) in [7, 11) is -3.37. The molecule has 0 radical (unpaired) electrons. The second kappa shape index (κ2) is 7.06. The molecule has 7 nitrogen and oxygen atoms in total. The lowest BCUT2D eigenvalue weighted by Crippen LogP contribution is -1.94. The van der Waals surface area contributed by atoms with Crippen molar-refractivity contribution in [1.82, 2.24) is 24.6 Å². The molecule has 0 atom stereocenters. The molecule has 0 saturated heterocycles. The van der Waals surface area contributed by atoms with Gasteiger partial charge in [0, 0.05) is 29.8 Å². The Hall–Kier alpha value is -3.44. The van der Waals surface area contributed by atoms with Gasteiger partial charge in [-0.1, -0.05) is 6.07 Å². The van der Waals surface area contributed by atoms with Gasteiger partial charge in [0.2, 0.25) is 0 Å². The molecule has 0 aliphatic heterocycles. The van der Waals surface area contributed by atoms with Crippen LogP contribution in [0, 0.1) is 11.6 Å². The summed E-state index contributed by atoms with van der Waals surface area (Å²) in [5.41, 5.74) is 2.27. The van der Waals surface area contributed by atoms with Crippen LogP contribution >= 0.6 is 11.3 Å². The Labute approximate surface area is 179 Å². The molecule has 1 N–H and O–H groups in total. The molecule has 0 saturated carbocycles. The van der Waals surface area contributed by atoms with E-state index in [1.54, 1.807) is 35.1 Å². The average molecular weight is 457 g/mol. The largest absolute Gasteiger partial charge is 0.297 e. The summed E-state index contributed by atoms with van der Waals surface area (Å²) in [5.74, 6) is -1.43. The van der Waals surface area contributed by atoms with Crippen molar-refractivity contribution in [1.29, 1.82) is 0 Å². The maximum atomic E-state index is 14.3. The Bertz CT molecular complexity index is 1530. The minimum atomic E-state index is -3.37.